The van der Waals surface area contributed by atoms with Gasteiger partial charge < -0.3 is 20.6 Å². The Bertz CT molecular complexity index is 1090. The van der Waals surface area contributed by atoms with Crippen LogP contribution in [0.4, 0.5) is 0 Å². The number of aliphatic carboxylic acids is 1. The number of benzene rings is 2. The van der Waals surface area contributed by atoms with Gasteiger partial charge in [0.05, 0.1) is 0 Å². The summed E-state index contributed by atoms with van der Waals surface area (Å²) in [5.41, 5.74) is -0.694. The summed E-state index contributed by atoms with van der Waals surface area (Å²) in [7, 11) is 0. The zero-order valence-electron chi connectivity index (χ0n) is 16.5. The molecule has 0 aliphatic heterocycles. The van der Waals surface area contributed by atoms with E-state index in [1.807, 2.05) is 30.3 Å². The molecular weight excluding hydrogens is 422 g/mol. The number of carboxylic acid groups (broad SMARTS) is 1. The molecule has 4 N–H and O–H groups in total. The Morgan fingerprint density at radius 3 is 2.39 bits per heavy atom. The average molecular weight is 442 g/mol. The summed E-state index contributed by atoms with van der Waals surface area (Å²) < 4.78 is 0. The fourth-order valence-corrected chi connectivity index (χ4v) is 3.48. The van der Waals surface area contributed by atoms with Crippen molar-refractivity contribution in [1.29, 1.82) is 0 Å². The van der Waals surface area contributed by atoms with Gasteiger partial charge >= 0.3 is 5.97 Å². The third kappa shape index (κ3) is 4.99. The van der Waals surface area contributed by atoms with Crippen LogP contribution in [0.5, 0.6) is 5.88 Å². The molecule has 2 aromatic carbocycles. The van der Waals surface area contributed by atoms with Crippen LogP contribution < -0.4 is 5.32 Å². The summed E-state index contributed by atoms with van der Waals surface area (Å²) in [6.07, 6.45) is -0.319. The Kier molecular flexibility index (Phi) is 6.53. The van der Waals surface area contributed by atoms with E-state index in [1.165, 1.54) is 24.3 Å². The summed E-state index contributed by atoms with van der Waals surface area (Å²) in [4.78, 5) is 24.2. The van der Waals surface area contributed by atoms with Gasteiger partial charge in [-0.3, -0.25) is 4.79 Å². The van der Waals surface area contributed by atoms with Crippen molar-refractivity contribution >= 4 is 23.5 Å². The zero-order chi connectivity index (χ0) is 22.6. The third-order valence-electron chi connectivity index (χ3n) is 4.75. The number of halogens is 1. The minimum atomic E-state index is -2.29. The molecule has 0 bridgehead atoms. The van der Waals surface area contributed by atoms with Gasteiger partial charge in [-0.1, -0.05) is 54.1 Å². The highest BCUT2D eigenvalue weighted by Crippen LogP contribution is 2.34. The SMILES string of the molecule is CC(CC(O)(C(=O)O)c1ccc(-c2ccccc2)c(Cl)c1)NC(=O)c1ccc(O)nn1. The second-order valence-electron chi connectivity index (χ2n) is 7.08. The van der Waals surface area contributed by atoms with E-state index in [-0.39, 0.29) is 23.6 Å². The van der Waals surface area contributed by atoms with Crippen LogP contribution in [0.15, 0.2) is 60.7 Å². The zero-order valence-corrected chi connectivity index (χ0v) is 17.2. The van der Waals surface area contributed by atoms with Crippen LogP contribution in [0.1, 0.15) is 29.4 Å². The second-order valence-corrected chi connectivity index (χ2v) is 7.49. The second kappa shape index (κ2) is 9.11. The van der Waals surface area contributed by atoms with Crippen molar-refractivity contribution in [3.63, 3.8) is 0 Å². The fraction of sp³-hybridized carbons (Fsp3) is 0.182. The van der Waals surface area contributed by atoms with Crippen LogP contribution in [0.2, 0.25) is 5.02 Å². The molecule has 0 saturated carbocycles. The number of nitrogens with zero attached hydrogens (tertiary/aromatic N) is 2. The quantitative estimate of drug-likeness (QED) is 0.443. The van der Waals surface area contributed by atoms with E-state index in [1.54, 1.807) is 13.0 Å². The van der Waals surface area contributed by atoms with Crippen LogP contribution in [0.3, 0.4) is 0 Å². The molecule has 1 amide bonds. The molecule has 3 aromatic rings. The molecule has 0 aliphatic rings. The van der Waals surface area contributed by atoms with Crippen LogP contribution >= 0.6 is 11.6 Å². The van der Waals surface area contributed by atoms with Gasteiger partial charge in [0.25, 0.3) is 5.91 Å². The average Bonchev–Trinajstić information content (AvgIpc) is 2.74. The molecule has 3 rings (SSSR count). The summed E-state index contributed by atoms with van der Waals surface area (Å²) in [6.45, 7) is 1.56. The number of amides is 1. The molecule has 0 spiro atoms. The number of carbonyl (C=O) groups excluding carboxylic acids is 1. The predicted octanol–water partition coefficient (Wildman–Crippen LogP) is 2.98. The lowest BCUT2D eigenvalue weighted by Gasteiger charge is -2.28. The Balaban J connectivity index is 1.81. The highest BCUT2D eigenvalue weighted by molar-refractivity contribution is 6.33. The van der Waals surface area contributed by atoms with E-state index < -0.39 is 23.5 Å². The summed E-state index contributed by atoms with van der Waals surface area (Å²) in [5, 5.41) is 39.7. The first kappa shape index (κ1) is 22.2. The summed E-state index contributed by atoms with van der Waals surface area (Å²) >= 11 is 6.38. The number of aromatic nitrogens is 2. The molecule has 2 unspecified atom stereocenters. The van der Waals surface area contributed by atoms with E-state index in [0.29, 0.717) is 10.6 Å². The van der Waals surface area contributed by atoms with Gasteiger partial charge in [-0.25, -0.2) is 4.79 Å². The van der Waals surface area contributed by atoms with E-state index in [9.17, 15) is 19.8 Å². The topological polar surface area (TPSA) is 133 Å². The molecule has 9 heteroatoms. The molecular formula is C22H20ClN3O5. The number of carbonyl (C=O) groups is 2. The Hall–Kier alpha value is -3.49. The molecule has 31 heavy (non-hydrogen) atoms. The molecule has 1 aromatic heterocycles. The largest absolute Gasteiger partial charge is 0.492 e. The van der Waals surface area contributed by atoms with Crippen LogP contribution in [0, 0.1) is 0 Å². The maximum atomic E-state index is 12.3. The number of rotatable bonds is 7. The molecule has 0 aliphatic carbocycles. The van der Waals surface area contributed by atoms with Gasteiger partial charge in [0.1, 0.15) is 0 Å². The molecule has 0 fully saturated rings. The smallest absolute Gasteiger partial charge is 0.340 e. The molecule has 160 valence electrons. The number of aliphatic hydroxyl groups is 1. The van der Waals surface area contributed by atoms with Gasteiger partial charge in [0.15, 0.2) is 11.3 Å². The van der Waals surface area contributed by atoms with Gasteiger partial charge in [-0.15, -0.1) is 10.2 Å². The first-order valence-electron chi connectivity index (χ1n) is 9.35. The van der Waals surface area contributed by atoms with E-state index in [4.69, 9.17) is 16.7 Å². The van der Waals surface area contributed by atoms with Crippen molar-refractivity contribution in [1.82, 2.24) is 15.5 Å². The number of hydrogen-bond acceptors (Lipinski definition) is 6. The van der Waals surface area contributed by atoms with Crippen molar-refractivity contribution in [2.24, 2.45) is 0 Å². The van der Waals surface area contributed by atoms with Crippen LogP contribution in [-0.4, -0.2) is 43.4 Å². The van der Waals surface area contributed by atoms with E-state index >= 15 is 0 Å². The Labute approximate surface area is 183 Å². The third-order valence-corrected chi connectivity index (χ3v) is 5.06. The minimum Gasteiger partial charge on any atom is -0.492 e. The van der Waals surface area contributed by atoms with Crippen LogP contribution in [0.25, 0.3) is 11.1 Å². The molecule has 2 atom stereocenters. The van der Waals surface area contributed by atoms with Gasteiger partial charge in [-0.05, 0) is 30.2 Å². The van der Waals surface area contributed by atoms with Crippen molar-refractivity contribution in [2.75, 3.05) is 0 Å². The molecule has 0 saturated heterocycles. The normalized spacial score (nSPS) is 13.8. The Morgan fingerprint density at radius 2 is 1.81 bits per heavy atom. The number of carboxylic acids is 1. The maximum Gasteiger partial charge on any atom is 0.340 e. The lowest BCUT2D eigenvalue weighted by molar-refractivity contribution is -0.161. The van der Waals surface area contributed by atoms with Crippen LogP contribution in [-0.2, 0) is 10.4 Å². The lowest BCUT2D eigenvalue weighted by atomic mass is 9.86. The molecule has 8 nitrogen and oxygen atoms in total. The standard InChI is InChI=1S/C22H20ClN3O5/c1-13(24-20(28)18-9-10-19(27)26-25-18)12-22(31,21(29)30)15-7-8-16(17(23)11-15)14-5-3-2-4-6-14/h2-11,13,31H,12H2,1H3,(H,24,28)(H,26,27)(H,29,30). The van der Waals surface area contributed by atoms with Gasteiger partial charge in [0.2, 0.25) is 5.88 Å². The number of nitrogens with one attached hydrogen (secondary N) is 1. The van der Waals surface area contributed by atoms with Gasteiger partial charge in [0, 0.05) is 29.1 Å². The van der Waals surface area contributed by atoms with Crippen molar-refractivity contribution in [2.45, 2.75) is 25.0 Å². The van der Waals surface area contributed by atoms with Gasteiger partial charge in [-0.2, -0.15) is 0 Å². The monoisotopic (exact) mass is 441 g/mol. The summed E-state index contributed by atoms with van der Waals surface area (Å²) in [5.74, 6) is -2.42. The van der Waals surface area contributed by atoms with E-state index in [0.717, 1.165) is 5.56 Å². The van der Waals surface area contributed by atoms with E-state index in [2.05, 4.69) is 15.5 Å². The number of hydrogen-bond donors (Lipinski definition) is 4. The first-order valence-corrected chi connectivity index (χ1v) is 9.73. The first-order chi connectivity index (χ1) is 14.7. The highest BCUT2D eigenvalue weighted by Gasteiger charge is 2.40. The van der Waals surface area contributed by atoms with Crippen molar-refractivity contribution in [3.8, 4) is 17.0 Å². The fourth-order valence-electron chi connectivity index (χ4n) is 3.19. The maximum absolute atomic E-state index is 12.3. The molecule has 0 radical (unpaired) electrons. The lowest BCUT2D eigenvalue weighted by Crippen LogP contribution is -2.44. The van der Waals surface area contributed by atoms with Crippen molar-refractivity contribution in [3.05, 3.63) is 76.9 Å². The summed E-state index contributed by atoms with van der Waals surface area (Å²) in [6, 6.07) is 15.6. The minimum absolute atomic E-state index is 0.0567. The Morgan fingerprint density at radius 1 is 1.10 bits per heavy atom. The van der Waals surface area contributed by atoms with Crippen molar-refractivity contribution < 1.29 is 24.9 Å². The highest BCUT2D eigenvalue weighted by atomic mass is 35.5. The molecule has 1 heterocycles. The predicted molar refractivity (Wildman–Crippen MR) is 114 cm³/mol. The number of aromatic hydroxyl groups is 1.